The minimum Gasteiger partial charge on any atom is -0.662 e. The second kappa shape index (κ2) is 9.48. The van der Waals surface area contributed by atoms with E-state index in [1.807, 2.05) is 13.8 Å². The van der Waals surface area contributed by atoms with E-state index in [1.165, 1.54) is 45.3 Å². The van der Waals surface area contributed by atoms with E-state index in [0.29, 0.717) is 5.41 Å². The fourth-order valence-corrected chi connectivity index (χ4v) is 2.71. The van der Waals surface area contributed by atoms with E-state index in [2.05, 4.69) is 17.1 Å². The fourth-order valence-electron chi connectivity index (χ4n) is 2.71. The molecule has 0 atom stereocenters. The van der Waals surface area contributed by atoms with Crippen LogP contribution in [-0.4, -0.2) is 37.6 Å². The Morgan fingerprint density at radius 2 is 1.50 bits per heavy atom. The molecule has 16 heavy (non-hydrogen) atoms. The zero-order valence-corrected chi connectivity index (χ0v) is 14.9. The normalized spacial score (nSPS) is 24.2. The molecular formula is C13H27KN2. The molecule has 3 heteroatoms. The minimum absolute atomic E-state index is 0. The second-order valence-electron chi connectivity index (χ2n) is 4.61. The summed E-state index contributed by atoms with van der Waals surface area (Å²) in [5, 5.41) is 4.45. The predicted molar refractivity (Wildman–Crippen MR) is 67.5 cm³/mol. The number of likely N-dealkylation sites (tertiary alicyclic amines) is 1. The molecule has 2 aliphatic rings. The van der Waals surface area contributed by atoms with Gasteiger partial charge in [-0.1, -0.05) is 33.6 Å². The fraction of sp³-hybridized carbons (Fsp3) is 1.00. The number of rotatable bonds is 1. The maximum Gasteiger partial charge on any atom is 1.00 e. The molecule has 0 bridgehead atoms. The third-order valence-electron chi connectivity index (χ3n) is 3.96. The maximum atomic E-state index is 4.45. The summed E-state index contributed by atoms with van der Waals surface area (Å²) in [7, 11) is 0. The number of hydrogen-bond acceptors (Lipinski definition) is 1. The molecule has 0 aromatic rings. The summed E-state index contributed by atoms with van der Waals surface area (Å²) in [5.41, 5.74) is 0.702. The number of nitrogens with zero attached hydrogens (tertiary/aromatic N) is 2. The summed E-state index contributed by atoms with van der Waals surface area (Å²) in [5.74, 6) is 0. The van der Waals surface area contributed by atoms with E-state index in [4.69, 9.17) is 0 Å². The van der Waals surface area contributed by atoms with Gasteiger partial charge in [-0.05, 0) is 37.9 Å². The summed E-state index contributed by atoms with van der Waals surface area (Å²) in [6.07, 6.45) is 5.59. The molecule has 0 saturated carbocycles. The van der Waals surface area contributed by atoms with Crippen molar-refractivity contribution in [1.82, 2.24) is 4.90 Å². The van der Waals surface area contributed by atoms with Gasteiger partial charge in [-0.15, -0.1) is 13.1 Å². The van der Waals surface area contributed by atoms with Gasteiger partial charge < -0.3 is 10.2 Å². The van der Waals surface area contributed by atoms with Crippen LogP contribution in [0.25, 0.3) is 5.32 Å². The van der Waals surface area contributed by atoms with Crippen LogP contribution in [0.3, 0.4) is 0 Å². The Hall–Kier alpha value is 1.56. The zero-order valence-electron chi connectivity index (χ0n) is 11.8. The molecule has 2 fully saturated rings. The van der Waals surface area contributed by atoms with Gasteiger partial charge in [0.2, 0.25) is 0 Å². The number of hydrogen-bond donors (Lipinski definition) is 0. The summed E-state index contributed by atoms with van der Waals surface area (Å²) < 4.78 is 0. The van der Waals surface area contributed by atoms with E-state index in [0.717, 1.165) is 13.1 Å². The van der Waals surface area contributed by atoms with Crippen LogP contribution in [0.5, 0.6) is 0 Å². The van der Waals surface area contributed by atoms with Crippen molar-refractivity contribution in [2.75, 3.05) is 32.7 Å². The van der Waals surface area contributed by atoms with Crippen LogP contribution in [0.4, 0.5) is 0 Å². The molecule has 90 valence electrons. The Balaban J connectivity index is 0.000000711. The van der Waals surface area contributed by atoms with Crippen molar-refractivity contribution in [3.05, 3.63) is 5.32 Å². The quantitative estimate of drug-likeness (QED) is 0.612. The van der Waals surface area contributed by atoms with Crippen LogP contribution in [-0.2, 0) is 0 Å². The first-order valence-electron chi connectivity index (χ1n) is 6.70. The molecule has 0 aromatic carbocycles. The predicted octanol–water partition coefficient (Wildman–Crippen LogP) is 0.286. The Morgan fingerprint density at radius 3 is 1.94 bits per heavy atom. The Morgan fingerprint density at radius 1 is 1.00 bits per heavy atom. The summed E-state index contributed by atoms with van der Waals surface area (Å²) >= 11 is 0. The van der Waals surface area contributed by atoms with E-state index < -0.39 is 0 Å². The van der Waals surface area contributed by atoms with Crippen molar-refractivity contribution >= 4 is 0 Å². The number of piperidine rings is 2. The average molecular weight is 250 g/mol. The van der Waals surface area contributed by atoms with Gasteiger partial charge in [-0.3, -0.25) is 0 Å². The monoisotopic (exact) mass is 250 g/mol. The summed E-state index contributed by atoms with van der Waals surface area (Å²) in [4.78, 5) is 2.58. The van der Waals surface area contributed by atoms with Crippen LogP contribution >= 0.6 is 0 Å². The molecule has 0 N–H and O–H groups in total. The van der Waals surface area contributed by atoms with Crippen molar-refractivity contribution in [3.63, 3.8) is 0 Å². The van der Waals surface area contributed by atoms with Gasteiger partial charge in [-0.25, -0.2) is 0 Å². The van der Waals surface area contributed by atoms with Crippen LogP contribution < -0.4 is 51.4 Å². The van der Waals surface area contributed by atoms with Crippen molar-refractivity contribution in [2.45, 2.75) is 46.5 Å². The molecule has 2 aliphatic heterocycles. The van der Waals surface area contributed by atoms with Crippen molar-refractivity contribution in [2.24, 2.45) is 5.41 Å². The molecule has 0 amide bonds. The van der Waals surface area contributed by atoms with Gasteiger partial charge in [0.25, 0.3) is 0 Å². The van der Waals surface area contributed by atoms with Crippen molar-refractivity contribution in [3.8, 4) is 0 Å². The van der Waals surface area contributed by atoms with Gasteiger partial charge in [0.1, 0.15) is 0 Å². The van der Waals surface area contributed by atoms with E-state index in [1.54, 1.807) is 0 Å². The standard InChI is InChI=1S/C11H21N2.C2H6.K/c1-2-13-9-5-11(6-10-13)3-7-12-8-4-11;1-2;/h2-10H2,1H3;1-2H3;/q-1;;+1. The third-order valence-corrected chi connectivity index (χ3v) is 3.96. The molecule has 2 nitrogen and oxygen atoms in total. The first kappa shape index (κ1) is 17.6. The summed E-state index contributed by atoms with van der Waals surface area (Å²) in [6.45, 7) is 12.4. The smallest absolute Gasteiger partial charge is 0.662 e. The van der Waals surface area contributed by atoms with Gasteiger partial charge in [0.15, 0.2) is 0 Å². The molecule has 0 aliphatic carbocycles. The van der Waals surface area contributed by atoms with E-state index in [-0.39, 0.29) is 51.4 Å². The zero-order chi connectivity index (χ0) is 11.1. The van der Waals surface area contributed by atoms with Gasteiger partial charge in [0, 0.05) is 0 Å². The average Bonchev–Trinajstić information content (AvgIpc) is 2.34. The molecule has 1 spiro atoms. The van der Waals surface area contributed by atoms with E-state index >= 15 is 0 Å². The SMILES string of the molecule is CC.CCN1CCC2(CC[N-]CC2)CC1.[K+]. The molecule has 2 rings (SSSR count). The Bertz CT molecular complexity index is 157. The van der Waals surface area contributed by atoms with Crippen LogP contribution in [0.2, 0.25) is 0 Å². The van der Waals surface area contributed by atoms with Crippen LogP contribution in [0.1, 0.15) is 46.5 Å². The molecule has 0 aromatic heterocycles. The minimum atomic E-state index is 0. The molecule has 2 heterocycles. The van der Waals surface area contributed by atoms with Gasteiger partial charge in [0.05, 0.1) is 0 Å². The van der Waals surface area contributed by atoms with E-state index in [9.17, 15) is 0 Å². The largest absolute Gasteiger partial charge is 1.00 e. The Labute approximate surface area is 144 Å². The van der Waals surface area contributed by atoms with Gasteiger partial charge >= 0.3 is 51.4 Å². The summed E-state index contributed by atoms with van der Waals surface area (Å²) in [6, 6.07) is 0. The first-order valence-corrected chi connectivity index (χ1v) is 6.70. The van der Waals surface area contributed by atoms with Crippen molar-refractivity contribution < 1.29 is 51.4 Å². The van der Waals surface area contributed by atoms with Crippen LogP contribution in [0.15, 0.2) is 0 Å². The second-order valence-corrected chi connectivity index (χ2v) is 4.61. The van der Waals surface area contributed by atoms with Gasteiger partial charge in [-0.2, -0.15) is 0 Å². The van der Waals surface area contributed by atoms with Crippen molar-refractivity contribution in [1.29, 1.82) is 0 Å². The van der Waals surface area contributed by atoms with Crippen LogP contribution in [0, 0.1) is 5.41 Å². The molecular weight excluding hydrogens is 223 g/mol. The Kier molecular flexibility index (Phi) is 10.4. The first-order chi connectivity index (χ1) is 7.35. The molecule has 2 saturated heterocycles. The molecule has 0 radical (unpaired) electrons. The topological polar surface area (TPSA) is 17.3 Å². The maximum absolute atomic E-state index is 4.45. The third kappa shape index (κ3) is 5.05. The molecule has 0 unspecified atom stereocenters.